The van der Waals surface area contributed by atoms with Gasteiger partial charge in [-0.1, -0.05) is 30.8 Å². The Morgan fingerprint density at radius 3 is 2.20 bits per heavy atom. The average Bonchev–Trinajstić information content (AvgIpc) is 3.16. The molecule has 0 spiro atoms. The van der Waals surface area contributed by atoms with Crippen molar-refractivity contribution in [1.82, 2.24) is 24.6 Å². The quantitative estimate of drug-likeness (QED) is 0.494. The lowest BCUT2D eigenvalue weighted by atomic mass is 10.1. The zero-order valence-electron chi connectivity index (χ0n) is 18.2. The highest BCUT2D eigenvalue weighted by Crippen LogP contribution is 2.28. The molecule has 0 unspecified atom stereocenters. The van der Waals surface area contributed by atoms with Crippen molar-refractivity contribution < 1.29 is 4.79 Å². The molecule has 158 valence electrons. The van der Waals surface area contributed by atoms with Crippen LogP contribution in [-0.2, 0) is 11.2 Å². The number of amides is 1. The van der Waals surface area contributed by atoms with Crippen LogP contribution in [0.2, 0.25) is 0 Å². The molecule has 3 aromatic rings. The van der Waals surface area contributed by atoms with Gasteiger partial charge >= 0.3 is 0 Å². The summed E-state index contributed by atoms with van der Waals surface area (Å²) in [7, 11) is 0. The Hall–Kier alpha value is -2.67. The van der Waals surface area contributed by atoms with Crippen LogP contribution in [0, 0.1) is 0 Å². The summed E-state index contributed by atoms with van der Waals surface area (Å²) in [5, 5.41) is 9.56. The number of benzene rings is 1. The van der Waals surface area contributed by atoms with E-state index in [9.17, 15) is 4.79 Å². The van der Waals surface area contributed by atoms with Gasteiger partial charge in [-0.25, -0.2) is 0 Å². The van der Waals surface area contributed by atoms with Gasteiger partial charge in [0.05, 0.1) is 5.75 Å². The molecule has 0 saturated carbocycles. The number of pyridine rings is 1. The van der Waals surface area contributed by atoms with E-state index in [0.717, 1.165) is 23.5 Å². The number of thioether (sulfide) groups is 1. The standard InChI is InChI=1S/C23H29N5OS/c1-6-18-7-9-20(10-8-18)28-22(19-11-13-24-14-12-19)25-26-23(28)30-15-21(29)27(16(2)3)17(4)5/h7-14,16-17H,6,15H2,1-5H3. The van der Waals surface area contributed by atoms with E-state index in [1.807, 2.05) is 49.3 Å². The number of aryl methyl sites for hydroxylation is 1. The summed E-state index contributed by atoms with van der Waals surface area (Å²) in [4.78, 5) is 18.9. The first-order chi connectivity index (χ1) is 14.4. The van der Waals surface area contributed by atoms with E-state index >= 15 is 0 Å². The molecule has 0 fully saturated rings. The third kappa shape index (κ3) is 4.90. The van der Waals surface area contributed by atoms with Gasteiger partial charge in [-0.2, -0.15) is 0 Å². The number of carbonyl (C=O) groups excluding carboxylic acids is 1. The molecule has 0 aliphatic rings. The molecule has 0 radical (unpaired) electrons. The minimum absolute atomic E-state index is 0.103. The summed E-state index contributed by atoms with van der Waals surface area (Å²) in [5.74, 6) is 1.16. The number of carbonyl (C=O) groups is 1. The first-order valence-corrected chi connectivity index (χ1v) is 11.3. The van der Waals surface area contributed by atoms with Crippen LogP contribution in [0.3, 0.4) is 0 Å². The van der Waals surface area contributed by atoms with Crippen LogP contribution in [0.15, 0.2) is 53.9 Å². The van der Waals surface area contributed by atoms with Crippen LogP contribution in [0.5, 0.6) is 0 Å². The summed E-state index contributed by atoms with van der Waals surface area (Å²) in [6.07, 6.45) is 4.47. The van der Waals surface area contributed by atoms with Crippen molar-refractivity contribution in [3.05, 3.63) is 54.4 Å². The van der Waals surface area contributed by atoms with Gasteiger partial charge in [0, 0.05) is 35.7 Å². The molecule has 30 heavy (non-hydrogen) atoms. The maximum absolute atomic E-state index is 12.8. The molecule has 0 atom stereocenters. The molecule has 1 aromatic carbocycles. The maximum Gasteiger partial charge on any atom is 0.233 e. The van der Waals surface area contributed by atoms with E-state index in [2.05, 4.69) is 46.4 Å². The average molecular weight is 424 g/mol. The lowest BCUT2D eigenvalue weighted by molar-refractivity contribution is -0.131. The first kappa shape index (κ1) is 22.0. The van der Waals surface area contributed by atoms with Crippen LogP contribution in [0.25, 0.3) is 17.1 Å². The van der Waals surface area contributed by atoms with Crippen LogP contribution in [0.1, 0.15) is 40.2 Å². The molecular weight excluding hydrogens is 394 g/mol. The fraction of sp³-hybridized carbons (Fsp3) is 0.391. The highest BCUT2D eigenvalue weighted by molar-refractivity contribution is 7.99. The number of rotatable bonds is 8. The first-order valence-electron chi connectivity index (χ1n) is 10.3. The zero-order valence-corrected chi connectivity index (χ0v) is 19.1. The predicted octanol–water partition coefficient (Wildman–Crippen LogP) is 4.63. The lowest BCUT2D eigenvalue weighted by Gasteiger charge is -2.30. The molecule has 6 nitrogen and oxygen atoms in total. The molecule has 7 heteroatoms. The van der Waals surface area contributed by atoms with Gasteiger partial charge in [0.25, 0.3) is 0 Å². The minimum Gasteiger partial charge on any atom is -0.337 e. The Labute approximate surface area is 182 Å². The summed E-state index contributed by atoms with van der Waals surface area (Å²) in [5.41, 5.74) is 3.18. The Kier molecular flexibility index (Phi) is 7.26. The highest BCUT2D eigenvalue weighted by atomic mass is 32.2. The van der Waals surface area contributed by atoms with E-state index in [0.29, 0.717) is 10.9 Å². The van der Waals surface area contributed by atoms with Crippen LogP contribution < -0.4 is 0 Å². The zero-order chi connectivity index (χ0) is 21.7. The molecule has 0 aliphatic heterocycles. The molecule has 0 N–H and O–H groups in total. The van der Waals surface area contributed by atoms with Crippen molar-refractivity contribution >= 4 is 17.7 Å². The van der Waals surface area contributed by atoms with Crippen molar-refractivity contribution in [2.45, 2.75) is 58.3 Å². The van der Waals surface area contributed by atoms with Crippen molar-refractivity contribution in [1.29, 1.82) is 0 Å². The molecule has 3 rings (SSSR count). The summed E-state index contributed by atoms with van der Waals surface area (Å²) >= 11 is 1.42. The second kappa shape index (κ2) is 9.89. The van der Waals surface area contributed by atoms with Gasteiger partial charge in [0.1, 0.15) is 0 Å². The van der Waals surface area contributed by atoms with Gasteiger partial charge in [-0.05, 0) is 63.9 Å². The Bertz CT molecular complexity index is 959. The number of hydrogen-bond donors (Lipinski definition) is 0. The van der Waals surface area contributed by atoms with E-state index in [4.69, 9.17) is 0 Å². The molecule has 2 heterocycles. The number of hydrogen-bond acceptors (Lipinski definition) is 5. The Balaban J connectivity index is 1.94. The summed E-state index contributed by atoms with van der Waals surface area (Å²) < 4.78 is 2.02. The van der Waals surface area contributed by atoms with E-state index in [1.54, 1.807) is 12.4 Å². The van der Waals surface area contributed by atoms with E-state index in [-0.39, 0.29) is 18.0 Å². The van der Waals surface area contributed by atoms with Crippen molar-refractivity contribution in [3.8, 4) is 17.1 Å². The topological polar surface area (TPSA) is 63.9 Å². The second-order valence-electron chi connectivity index (χ2n) is 7.67. The molecule has 1 amide bonds. The Morgan fingerprint density at radius 2 is 1.63 bits per heavy atom. The SMILES string of the molecule is CCc1ccc(-n2c(SCC(=O)N(C(C)C)C(C)C)nnc2-c2ccncc2)cc1. The number of aromatic nitrogens is 4. The van der Waals surface area contributed by atoms with E-state index in [1.165, 1.54) is 17.3 Å². The normalized spacial score (nSPS) is 11.3. The van der Waals surface area contributed by atoms with Crippen molar-refractivity contribution in [3.63, 3.8) is 0 Å². The monoisotopic (exact) mass is 423 g/mol. The fourth-order valence-corrected chi connectivity index (χ4v) is 4.36. The van der Waals surface area contributed by atoms with Gasteiger partial charge < -0.3 is 4.90 Å². The molecule has 0 bridgehead atoms. The van der Waals surface area contributed by atoms with E-state index < -0.39 is 0 Å². The third-order valence-electron chi connectivity index (χ3n) is 4.90. The largest absolute Gasteiger partial charge is 0.337 e. The third-order valence-corrected chi connectivity index (χ3v) is 5.81. The molecule has 2 aromatic heterocycles. The van der Waals surface area contributed by atoms with Gasteiger partial charge in [-0.15, -0.1) is 10.2 Å². The second-order valence-corrected chi connectivity index (χ2v) is 8.62. The molecule has 0 aliphatic carbocycles. The fourth-order valence-electron chi connectivity index (χ4n) is 3.54. The highest BCUT2D eigenvalue weighted by Gasteiger charge is 2.22. The van der Waals surface area contributed by atoms with Crippen LogP contribution in [0.4, 0.5) is 0 Å². The molecule has 0 saturated heterocycles. The molecular formula is C23H29N5OS. The maximum atomic E-state index is 12.8. The minimum atomic E-state index is 0.103. The van der Waals surface area contributed by atoms with Gasteiger partial charge in [0.15, 0.2) is 11.0 Å². The predicted molar refractivity (Wildman–Crippen MR) is 122 cm³/mol. The van der Waals surface area contributed by atoms with Crippen molar-refractivity contribution in [2.75, 3.05) is 5.75 Å². The van der Waals surface area contributed by atoms with Crippen LogP contribution in [-0.4, -0.2) is 48.4 Å². The van der Waals surface area contributed by atoms with Gasteiger partial charge in [0.2, 0.25) is 5.91 Å². The smallest absolute Gasteiger partial charge is 0.233 e. The van der Waals surface area contributed by atoms with Crippen LogP contribution >= 0.6 is 11.8 Å². The van der Waals surface area contributed by atoms with Crippen molar-refractivity contribution in [2.24, 2.45) is 0 Å². The lowest BCUT2D eigenvalue weighted by Crippen LogP contribution is -2.43. The Morgan fingerprint density at radius 1 is 1.00 bits per heavy atom. The number of nitrogens with zero attached hydrogens (tertiary/aromatic N) is 5. The van der Waals surface area contributed by atoms with Gasteiger partial charge in [-0.3, -0.25) is 14.3 Å². The summed E-state index contributed by atoms with van der Waals surface area (Å²) in [6.45, 7) is 10.3. The summed E-state index contributed by atoms with van der Waals surface area (Å²) in [6, 6.07) is 12.5.